The molecular weight excluding hydrogens is 292 g/mol. The highest BCUT2D eigenvalue weighted by Gasteiger charge is 2.40. The molecule has 4 nitrogen and oxygen atoms in total. The SMILES string of the molecule is O=C1C=CC(=O)OC(Cc2ccccc2)(Cc2ccccc2)O1. The molecule has 23 heavy (non-hydrogen) atoms. The fraction of sp³-hybridized carbons (Fsp3) is 0.158. The molecule has 0 radical (unpaired) electrons. The van der Waals surface area contributed by atoms with E-state index in [4.69, 9.17) is 9.47 Å². The zero-order valence-corrected chi connectivity index (χ0v) is 12.5. The minimum atomic E-state index is -1.35. The van der Waals surface area contributed by atoms with Crippen molar-refractivity contribution in [1.29, 1.82) is 0 Å². The molecule has 116 valence electrons. The van der Waals surface area contributed by atoms with Gasteiger partial charge in [-0.25, -0.2) is 9.59 Å². The third-order valence-electron chi connectivity index (χ3n) is 3.56. The maximum atomic E-state index is 11.9. The van der Waals surface area contributed by atoms with E-state index in [-0.39, 0.29) is 0 Å². The largest absolute Gasteiger partial charge is 0.419 e. The Morgan fingerprint density at radius 3 is 1.43 bits per heavy atom. The van der Waals surface area contributed by atoms with E-state index in [2.05, 4.69) is 0 Å². The summed E-state index contributed by atoms with van der Waals surface area (Å²) in [5.74, 6) is -2.51. The van der Waals surface area contributed by atoms with Gasteiger partial charge in [0.25, 0.3) is 5.79 Å². The average molecular weight is 308 g/mol. The van der Waals surface area contributed by atoms with Crippen molar-refractivity contribution in [2.24, 2.45) is 0 Å². The van der Waals surface area contributed by atoms with Crippen LogP contribution in [0.1, 0.15) is 11.1 Å². The third-order valence-corrected chi connectivity index (χ3v) is 3.56. The number of carbonyl (C=O) groups excluding carboxylic acids is 2. The standard InChI is InChI=1S/C19H16O4/c20-17-11-12-18(21)23-19(22-17,13-15-7-3-1-4-8-15)14-16-9-5-2-6-10-16/h1-12H,13-14H2. The normalized spacial score (nSPS) is 16.3. The van der Waals surface area contributed by atoms with Crippen LogP contribution in [-0.2, 0) is 31.9 Å². The zero-order valence-electron chi connectivity index (χ0n) is 12.5. The van der Waals surface area contributed by atoms with E-state index in [0.717, 1.165) is 23.3 Å². The molecule has 0 amide bonds. The molecule has 2 aromatic carbocycles. The molecule has 0 unspecified atom stereocenters. The maximum Gasteiger partial charge on any atom is 0.334 e. The lowest BCUT2D eigenvalue weighted by Gasteiger charge is -2.31. The van der Waals surface area contributed by atoms with Crippen LogP contribution in [0.15, 0.2) is 72.8 Å². The number of cyclic esters (lactones) is 2. The van der Waals surface area contributed by atoms with Gasteiger partial charge < -0.3 is 9.47 Å². The van der Waals surface area contributed by atoms with Crippen LogP contribution < -0.4 is 0 Å². The quantitative estimate of drug-likeness (QED) is 0.815. The number of hydrogen-bond donors (Lipinski definition) is 0. The van der Waals surface area contributed by atoms with Gasteiger partial charge in [-0.3, -0.25) is 0 Å². The molecule has 0 saturated carbocycles. The molecule has 0 spiro atoms. The second-order valence-corrected chi connectivity index (χ2v) is 5.41. The molecule has 1 aliphatic heterocycles. The van der Waals surface area contributed by atoms with Crippen LogP contribution in [0.2, 0.25) is 0 Å². The van der Waals surface area contributed by atoms with Crippen molar-refractivity contribution in [3.8, 4) is 0 Å². The maximum absolute atomic E-state index is 11.9. The van der Waals surface area contributed by atoms with Crippen molar-refractivity contribution >= 4 is 11.9 Å². The Morgan fingerprint density at radius 2 is 1.04 bits per heavy atom. The van der Waals surface area contributed by atoms with E-state index < -0.39 is 17.7 Å². The minimum Gasteiger partial charge on any atom is -0.419 e. The molecule has 0 N–H and O–H groups in total. The number of carbonyl (C=O) groups is 2. The van der Waals surface area contributed by atoms with Crippen molar-refractivity contribution in [3.05, 3.63) is 83.9 Å². The summed E-state index contributed by atoms with van der Waals surface area (Å²) in [5.41, 5.74) is 1.84. The van der Waals surface area contributed by atoms with E-state index in [9.17, 15) is 9.59 Å². The van der Waals surface area contributed by atoms with Crippen molar-refractivity contribution in [3.63, 3.8) is 0 Å². The van der Waals surface area contributed by atoms with Crippen LogP contribution in [0.25, 0.3) is 0 Å². The first kappa shape index (κ1) is 15.0. The van der Waals surface area contributed by atoms with E-state index in [1.54, 1.807) is 0 Å². The lowest BCUT2D eigenvalue weighted by Crippen LogP contribution is -2.42. The van der Waals surface area contributed by atoms with Crippen LogP contribution in [0.5, 0.6) is 0 Å². The van der Waals surface area contributed by atoms with Crippen LogP contribution >= 0.6 is 0 Å². The number of rotatable bonds is 4. The highest BCUT2D eigenvalue weighted by molar-refractivity contribution is 5.93. The van der Waals surface area contributed by atoms with E-state index in [0.29, 0.717) is 12.8 Å². The lowest BCUT2D eigenvalue weighted by atomic mass is 9.97. The van der Waals surface area contributed by atoms with Crippen molar-refractivity contribution in [2.45, 2.75) is 18.6 Å². The van der Waals surface area contributed by atoms with E-state index in [1.165, 1.54) is 0 Å². The first-order valence-corrected chi connectivity index (χ1v) is 7.37. The van der Waals surface area contributed by atoms with Gasteiger partial charge in [0.2, 0.25) is 0 Å². The van der Waals surface area contributed by atoms with Crippen molar-refractivity contribution in [2.75, 3.05) is 0 Å². The third kappa shape index (κ3) is 3.86. The summed E-state index contributed by atoms with van der Waals surface area (Å²) >= 11 is 0. The number of esters is 2. The topological polar surface area (TPSA) is 52.6 Å². The first-order valence-electron chi connectivity index (χ1n) is 7.37. The van der Waals surface area contributed by atoms with E-state index >= 15 is 0 Å². The van der Waals surface area contributed by atoms with E-state index in [1.807, 2.05) is 60.7 Å². The second kappa shape index (κ2) is 6.48. The van der Waals surface area contributed by atoms with Crippen molar-refractivity contribution < 1.29 is 19.1 Å². The lowest BCUT2D eigenvalue weighted by molar-refractivity contribution is -0.219. The summed E-state index contributed by atoms with van der Waals surface area (Å²) in [7, 11) is 0. The molecule has 0 aromatic heterocycles. The summed E-state index contributed by atoms with van der Waals surface area (Å²) in [5, 5.41) is 0. The summed E-state index contributed by atoms with van der Waals surface area (Å²) < 4.78 is 11.0. The van der Waals surface area contributed by atoms with Gasteiger partial charge in [-0.2, -0.15) is 0 Å². The summed E-state index contributed by atoms with van der Waals surface area (Å²) in [6.07, 6.45) is 2.78. The van der Waals surface area contributed by atoms with Crippen molar-refractivity contribution in [1.82, 2.24) is 0 Å². The molecular formula is C19H16O4. The highest BCUT2D eigenvalue weighted by Crippen LogP contribution is 2.27. The summed E-state index contributed by atoms with van der Waals surface area (Å²) in [6.45, 7) is 0. The molecule has 0 aliphatic carbocycles. The molecule has 3 rings (SSSR count). The Hall–Kier alpha value is -2.88. The summed E-state index contributed by atoms with van der Waals surface area (Å²) in [6, 6.07) is 19.0. The monoisotopic (exact) mass is 308 g/mol. The predicted octanol–water partition coefficient (Wildman–Crippen LogP) is 2.82. The Kier molecular flexibility index (Phi) is 4.24. The second-order valence-electron chi connectivity index (χ2n) is 5.41. The molecule has 1 aliphatic rings. The molecule has 0 fully saturated rings. The van der Waals surface area contributed by atoms with Gasteiger partial charge in [0, 0.05) is 12.2 Å². The fourth-order valence-corrected chi connectivity index (χ4v) is 2.61. The number of hydrogen-bond acceptors (Lipinski definition) is 4. The van der Waals surface area contributed by atoms with Gasteiger partial charge in [-0.1, -0.05) is 60.7 Å². The summed E-state index contributed by atoms with van der Waals surface area (Å²) in [4.78, 5) is 23.8. The molecule has 1 heterocycles. The Balaban J connectivity index is 1.94. The Labute approximate surface area is 134 Å². The molecule has 0 bridgehead atoms. The number of ether oxygens (including phenoxy) is 2. The Morgan fingerprint density at radius 1 is 0.652 bits per heavy atom. The Bertz CT molecular complexity index is 656. The molecule has 2 aromatic rings. The smallest absolute Gasteiger partial charge is 0.334 e. The fourth-order valence-electron chi connectivity index (χ4n) is 2.61. The number of benzene rings is 2. The highest BCUT2D eigenvalue weighted by atomic mass is 16.7. The first-order chi connectivity index (χ1) is 11.2. The predicted molar refractivity (Wildman–Crippen MR) is 84.3 cm³/mol. The minimum absolute atomic E-state index is 0.294. The van der Waals surface area contributed by atoms with Crippen LogP contribution in [0.4, 0.5) is 0 Å². The van der Waals surface area contributed by atoms with Crippen LogP contribution in [0, 0.1) is 0 Å². The molecule has 0 saturated heterocycles. The molecule has 0 atom stereocenters. The van der Waals surface area contributed by atoms with Gasteiger partial charge in [0.15, 0.2) is 0 Å². The van der Waals surface area contributed by atoms with Crippen LogP contribution in [0.3, 0.4) is 0 Å². The molecule has 4 heteroatoms. The van der Waals surface area contributed by atoms with Gasteiger partial charge in [0.1, 0.15) is 0 Å². The zero-order chi connectivity index (χ0) is 16.1. The van der Waals surface area contributed by atoms with Gasteiger partial charge in [-0.15, -0.1) is 0 Å². The van der Waals surface area contributed by atoms with Crippen LogP contribution in [-0.4, -0.2) is 17.7 Å². The van der Waals surface area contributed by atoms with Gasteiger partial charge in [0.05, 0.1) is 12.8 Å². The van der Waals surface area contributed by atoms with Gasteiger partial charge in [-0.05, 0) is 11.1 Å². The van der Waals surface area contributed by atoms with Gasteiger partial charge >= 0.3 is 11.9 Å². The average Bonchev–Trinajstić information content (AvgIpc) is 2.67.